The number of benzene rings is 1. The smallest absolute Gasteiger partial charge is 0.151 e. The molecule has 0 aliphatic carbocycles. The van der Waals surface area contributed by atoms with E-state index in [9.17, 15) is 4.39 Å². The minimum atomic E-state index is -0.336. The molecule has 0 aliphatic heterocycles. The standard InChI is InChI=1S/C11H13FN2O/c1-2-6-14-9-5-3-4-8(12)11(9)13-10(14)7-15/h3-5,15H,2,6-7H2,1H3. The summed E-state index contributed by atoms with van der Waals surface area (Å²) in [7, 11) is 0. The van der Waals surface area contributed by atoms with Gasteiger partial charge in [-0.1, -0.05) is 13.0 Å². The Balaban J connectivity index is 2.68. The van der Waals surface area contributed by atoms with Crippen molar-refractivity contribution in [1.82, 2.24) is 9.55 Å². The van der Waals surface area contributed by atoms with E-state index in [2.05, 4.69) is 4.98 Å². The molecule has 2 rings (SSSR count). The van der Waals surface area contributed by atoms with Crippen molar-refractivity contribution in [3.63, 3.8) is 0 Å². The zero-order valence-electron chi connectivity index (χ0n) is 8.57. The second kappa shape index (κ2) is 3.98. The molecule has 1 aromatic carbocycles. The summed E-state index contributed by atoms with van der Waals surface area (Å²) in [5, 5.41) is 9.13. The topological polar surface area (TPSA) is 38.0 Å². The van der Waals surface area contributed by atoms with E-state index in [4.69, 9.17) is 5.11 Å². The highest BCUT2D eigenvalue weighted by Gasteiger charge is 2.11. The highest BCUT2D eigenvalue weighted by atomic mass is 19.1. The van der Waals surface area contributed by atoms with Crippen LogP contribution < -0.4 is 0 Å². The predicted octanol–water partition coefficient (Wildman–Crippen LogP) is 2.08. The summed E-state index contributed by atoms with van der Waals surface area (Å²) < 4.78 is 15.3. The molecule has 0 saturated carbocycles. The maximum atomic E-state index is 13.4. The molecule has 15 heavy (non-hydrogen) atoms. The molecule has 0 bridgehead atoms. The Morgan fingerprint density at radius 1 is 1.47 bits per heavy atom. The number of hydrogen-bond donors (Lipinski definition) is 1. The Morgan fingerprint density at radius 3 is 2.93 bits per heavy atom. The molecule has 1 heterocycles. The van der Waals surface area contributed by atoms with E-state index in [1.807, 2.05) is 17.6 Å². The number of aromatic nitrogens is 2. The summed E-state index contributed by atoms with van der Waals surface area (Å²) in [5.74, 6) is 0.189. The number of halogens is 1. The first-order valence-electron chi connectivity index (χ1n) is 5.02. The van der Waals surface area contributed by atoms with E-state index in [1.54, 1.807) is 6.07 Å². The van der Waals surface area contributed by atoms with Gasteiger partial charge in [-0.2, -0.15) is 0 Å². The average molecular weight is 208 g/mol. The van der Waals surface area contributed by atoms with Gasteiger partial charge in [0, 0.05) is 6.54 Å². The third-order valence-corrected chi connectivity index (χ3v) is 2.40. The summed E-state index contributed by atoms with van der Waals surface area (Å²) in [5.41, 5.74) is 1.09. The molecule has 0 unspecified atom stereocenters. The highest BCUT2D eigenvalue weighted by Crippen LogP contribution is 2.19. The monoisotopic (exact) mass is 208 g/mol. The molecular formula is C11H13FN2O. The van der Waals surface area contributed by atoms with Gasteiger partial charge >= 0.3 is 0 Å². The Hall–Kier alpha value is -1.42. The van der Waals surface area contributed by atoms with Gasteiger partial charge in [0.25, 0.3) is 0 Å². The average Bonchev–Trinajstić information content (AvgIpc) is 2.59. The van der Waals surface area contributed by atoms with E-state index in [0.717, 1.165) is 18.5 Å². The Kier molecular flexibility index (Phi) is 2.68. The zero-order chi connectivity index (χ0) is 10.8. The molecule has 0 saturated heterocycles. The number of rotatable bonds is 3. The van der Waals surface area contributed by atoms with Gasteiger partial charge in [0.15, 0.2) is 5.82 Å². The molecule has 2 aromatic rings. The van der Waals surface area contributed by atoms with Crippen LogP contribution in [0, 0.1) is 5.82 Å². The van der Waals surface area contributed by atoms with Crippen LogP contribution in [-0.2, 0) is 13.2 Å². The lowest BCUT2D eigenvalue weighted by molar-refractivity contribution is 0.265. The fraction of sp³-hybridized carbons (Fsp3) is 0.364. The van der Waals surface area contributed by atoms with Crippen LogP contribution in [0.5, 0.6) is 0 Å². The lowest BCUT2D eigenvalue weighted by atomic mass is 10.3. The van der Waals surface area contributed by atoms with Crippen molar-refractivity contribution in [3.8, 4) is 0 Å². The van der Waals surface area contributed by atoms with E-state index in [-0.39, 0.29) is 12.4 Å². The fourth-order valence-corrected chi connectivity index (χ4v) is 1.75. The van der Waals surface area contributed by atoms with Crippen LogP contribution in [-0.4, -0.2) is 14.7 Å². The highest BCUT2D eigenvalue weighted by molar-refractivity contribution is 5.76. The molecule has 80 valence electrons. The van der Waals surface area contributed by atoms with Gasteiger partial charge in [-0.05, 0) is 18.6 Å². The van der Waals surface area contributed by atoms with Gasteiger partial charge in [-0.15, -0.1) is 0 Å². The number of aliphatic hydroxyl groups excluding tert-OH is 1. The van der Waals surface area contributed by atoms with Crippen molar-refractivity contribution in [3.05, 3.63) is 29.8 Å². The number of aliphatic hydroxyl groups is 1. The second-order valence-corrected chi connectivity index (χ2v) is 3.45. The van der Waals surface area contributed by atoms with Crippen molar-refractivity contribution in [1.29, 1.82) is 0 Å². The van der Waals surface area contributed by atoms with Crippen molar-refractivity contribution in [2.75, 3.05) is 0 Å². The lowest BCUT2D eigenvalue weighted by Crippen LogP contribution is -2.02. The number of fused-ring (bicyclic) bond motifs is 1. The van der Waals surface area contributed by atoms with E-state index >= 15 is 0 Å². The van der Waals surface area contributed by atoms with Crippen molar-refractivity contribution >= 4 is 11.0 Å². The molecule has 3 nitrogen and oxygen atoms in total. The summed E-state index contributed by atoms with van der Waals surface area (Å²) in [4.78, 5) is 4.09. The molecule has 0 aliphatic rings. The second-order valence-electron chi connectivity index (χ2n) is 3.45. The van der Waals surface area contributed by atoms with Gasteiger partial charge in [0.2, 0.25) is 0 Å². The van der Waals surface area contributed by atoms with E-state index in [0.29, 0.717) is 11.3 Å². The Morgan fingerprint density at radius 2 is 2.27 bits per heavy atom. The van der Waals surface area contributed by atoms with E-state index < -0.39 is 0 Å². The maximum absolute atomic E-state index is 13.4. The minimum absolute atomic E-state index is 0.159. The number of para-hydroxylation sites is 1. The van der Waals surface area contributed by atoms with E-state index in [1.165, 1.54) is 6.07 Å². The number of hydrogen-bond acceptors (Lipinski definition) is 2. The SMILES string of the molecule is CCCn1c(CO)nc2c(F)cccc21. The van der Waals surface area contributed by atoms with Crippen molar-refractivity contribution in [2.24, 2.45) is 0 Å². The maximum Gasteiger partial charge on any atom is 0.151 e. The number of nitrogens with zero attached hydrogens (tertiary/aromatic N) is 2. The largest absolute Gasteiger partial charge is 0.388 e. The molecule has 0 fully saturated rings. The summed E-state index contributed by atoms with van der Waals surface area (Å²) in [6.45, 7) is 2.62. The van der Waals surface area contributed by atoms with Crippen LogP contribution in [0.15, 0.2) is 18.2 Å². The van der Waals surface area contributed by atoms with Gasteiger partial charge in [-0.25, -0.2) is 9.37 Å². The van der Waals surface area contributed by atoms with Crippen LogP contribution >= 0.6 is 0 Å². The number of aryl methyl sites for hydroxylation is 1. The van der Waals surface area contributed by atoms with Gasteiger partial charge in [0.05, 0.1) is 5.52 Å². The van der Waals surface area contributed by atoms with Crippen molar-refractivity contribution in [2.45, 2.75) is 26.5 Å². The molecule has 0 atom stereocenters. The molecule has 4 heteroatoms. The fourth-order valence-electron chi connectivity index (χ4n) is 1.75. The Labute approximate surface area is 87.2 Å². The quantitative estimate of drug-likeness (QED) is 0.838. The molecule has 0 amide bonds. The van der Waals surface area contributed by atoms with Gasteiger partial charge in [0.1, 0.15) is 17.9 Å². The summed E-state index contributed by atoms with van der Waals surface area (Å²) >= 11 is 0. The van der Waals surface area contributed by atoms with Crippen LogP contribution in [0.3, 0.4) is 0 Å². The van der Waals surface area contributed by atoms with Crippen LogP contribution in [0.4, 0.5) is 4.39 Å². The first-order chi connectivity index (χ1) is 7.27. The Bertz CT molecular complexity index is 479. The van der Waals surface area contributed by atoms with Crippen LogP contribution in [0.25, 0.3) is 11.0 Å². The van der Waals surface area contributed by atoms with Gasteiger partial charge < -0.3 is 9.67 Å². The predicted molar refractivity (Wildman–Crippen MR) is 55.9 cm³/mol. The van der Waals surface area contributed by atoms with Crippen LogP contribution in [0.2, 0.25) is 0 Å². The first-order valence-corrected chi connectivity index (χ1v) is 5.02. The molecule has 0 radical (unpaired) electrons. The minimum Gasteiger partial charge on any atom is -0.388 e. The molecule has 1 N–H and O–H groups in total. The molecule has 0 spiro atoms. The first kappa shape index (κ1) is 10.1. The summed E-state index contributed by atoms with van der Waals surface area (Å²) in [6.07, 6.45) is 0.926. The lowest BCUT2D eigenvalue weighted by Gasteiger charge is -2.04. The number of imidazole rings is 1. The molecule has 1 aromatic heterocycles. The third-order valence-electron chi connectivity index (χ3n) is 2.40. The molecular weight excluding hydrogens is 195 g/mol. The zero-order valence-corrected chi connectivity index (χ0v) is 8.57. The van der Waals surface area contributed by atoms with Crippen LogP contribution in [0.1, 0.15) is 19.2 Å². The third kappa shape index (κ3) is 1.61. The van der Waals surface area contributed by atoms with Gasteiger partial charge in [-0.3, -0.25) is 0 Å². The normalized spacial score (nSPS) is 11.1. The summed E-state index contributed by atoms with van der Waals surface area (Å²) in [6, 6.07) is 4.86. The van der Waals surface area contributed by atoms with Crippen molar-refractivity contribution < 1.29 is 9.50 Å².